The molecule has 118 valence electrons. The van der Waals surface area contributed by atoms with E-state index in [1.165, 1.54) is 0 Å². The van der Waals surface area contributed by atoms with E-state index in [4.69, 9.17) is 14.9 Å². The Kier molecular flexibility index (Phi) is 4.82. The van der Waals surface area contributed by atoms with Crippen LogP contribution in [0.4, 0.5) is 9.59 Å². The van der Waals surface area contributed by atoms with Crippen molar-refractivity contribution in [2.45, 2.75) is 25.1 Å². The summed E-state index contributed by atoms with van der Waals surface area (Å²) >= 11 is 0. The van der Waals surface area contributed by atoms with E-state index in [1.54, 1.807) is 24.3 Å². The molecule has 1 aromatic rings. The Bertz CT molecular complexity index is 562. The van der Waals surface area contributed by atoms with Crippen LogP contribution in [-0.2, 0) is 16.1 Å². The molecule has 2 amide bonds. The summed E-state index contributed by atoms with van der Waals surface area (Å²) in [5.74, 6) is -1.30. The average Bonchev–Trinajstić information content (AvgIpc) is 2.90. The zero-order valence-electron chi connectivity index (χ0n) is 11.6. The minimum absolute atomic E-state index is 0.0515. The number of nitrogens with zero attached hydrogens (tertiary/aromatic N) is 1. The molecule has 0 saturated carbocycles. The highest BCUT2D eigenvalue weighted by Gasteiger charge is 2.43. The van der Waals surface area contributed by atoms with E-state index in [9.17, 15) is 14.4 Å². The van der Waals surface area contributed by atoms with E-state index in [-0.39, 0.29) is 19.6 Å². The fourth-order valence-corrected chi connectivity index (χ4v) is 2.38. The molecule has 1 fully saturated rings. The predicted octanol–water partition coefficient (Wildman–Crippen LogP) is 1.12. The molecule has 0 aliphatic carbocycles. The van der Waals surface area contributed by atoms with Gasteiger partial charge < -0.3 is 20.3 Å². The number of ether oxygens (including phenoxy) is 1. The number of nitrogens with one attached hydrogen (secondary N) is 1. The summed E-state index contributed by atoms with van der Waals surface area (Å²) in [5.41, 5.74) is 0.797. The van der Waals surface area contributed by atoms with Crippen molar-refractivity contribution in [3.8, 4) is 0 Å². The maximum Gasteiger partial charge on any atom is 0.408 e. The second-order valence-electron chi connectivity index (χ2n) is 4.86. The number of rotatable bonds is 4. The zero-order valence-corrected chi connectivity index (χ0v) is 11.6. The van der Waals surface area contributed by atoms with E-state index in [1.807, 2.05) is 6.07 Å². The van der Waals surface area contributed by atoms with Gasteiger partial charge in [-0.05, 0) is 12.0 Å². The first-order chi connectivity index (χ1) is 10.5. The van der Waals surface area contributed by atoms with E-state index < -0.39 is 30.2 Å². The van der Waals surface area contributed by atoms with Gasteiger partial charge in [-0.15, -0.1) is 0 Å². The van der Waals surface area contributed by atoms with Crippen LogP contribution in [0.2, 0.25) is 0 Å². The minimum Gasteiger partial charge on any atom is -0.480 e. The lowest BCUT2D eigenvalue weighted by molar-refractivity contribution is -0.142. The molecule has 8 nitrogen and oxygen atoms in total. The monoisotopic (exact) mass is 308 g/mol. The Labute approximate surface area is 126 Å². The van der Waals surface area contributed by atoms with Crippen LogP contribution < -0.4 is 5.32 Å². The predicted molar refractivity (Wildman–Crippen MR) is 74.3 cm³/mol. The van der Waals surface area contributed by atoms with Gasteiger partial charge in [0, 0.05) is 6.54 Å². The number of carboxylic acids is 1. The van der Waals surface area contributed by atoms with Crippen molar-refractivity contribution in [3.05, 3.63) is 35.9 Å². The molecule has 1 aliphatic rings. The van der Waals surface area contributed by atoms with E-state index in [2.05, 4.69) is 5.32 Å². The van der Waals surface area contributed by atoms with Crippen molar-refractivity contribution in [2.24, 2.45) is 0 Å². The number of hydrogen-bond acceptors (Lipinski definition) is 4. The summed E-state index contributed by atoms with van der Waals surface area (Å²) in [5, 5.41) is 20.5. The van der Waals surface area contributed by atoms with Crippen LogP contribution in [0, 0.1) is 0 Å². The normalized spacial score (nSPS) is 20.5. The van der Waals surface area contributed by atoms with Crippen LogP contribution >= 0.6 is 0 Å². The maximum absolute atomic E-state index is 11.7. The molecule has 2 rings (SSSR count). The summed E-state index contributed by atoms with van der Waals surface area (Å²) in [4.78, 5) is 34.7. The van der Waals surface area contributed by atoms with Gasteiger partial charge >= 0.3 is 18.2 Å². The highest BCUT2D eigenvalue weighted by Crippen LogP contribution is 2.18. The molecule has 22 heavy (non-hydrogen) atoms. The van der Waals surface area contributed by atoms with Crippen molar-refractivity contribution >= 4 is 18.2 Å². The number of amides is 2. The van der Waals surface area contributed by atoms with Gasteiger partial charge in [0.05, 0.1) is 6.04 Å². The molecule has 1 saturated heterocycles. The lowest BCUT2D eigenvalue weighted by Crippen LogP contribution is -2.50. The summed E-state index contributed by atoms with van der Waals surface area (Å²) in [7, 11) is 0. The Morgan fingerprint density at radius 2 is 1.91 bits per heavy atom. The van der Waals surface area contributed by atoms with Gasteiger partial charge in [0.2, 0.25) is 0 Å². The molecule has 0 radical (unpaired) electrons. The van der Waals surface area contributed by atoms with Gasteiger partial charge in [-0.2, -0.15) is 0 Å². The largest absolute Gasteiger partial charge is 0.480 e. The Balaban J connectivity index is 1.90. The lowest BCUT2D eigenvalue weighted by Gasteiger charge is -2.22. The van der Waals surface area contributed by atoms with E-state index in [0.717, 1.165) is 10.5 Å². The molecule has 1 heterocycles. The van der Waals surface area contributed by atoms with Gasteiger partial charge in [-0.25, -0.2) is 14.4 Å². The first-order valence-electron chi connectivity index (χ1n) is 6.68. The third-order valence-corrected chi connectivity index (χ3v) is 3.41. The van der Waals surface area contributed by atoms with Crippen LogP contribution in [0.1, 0.15) is 12.0 Å². The van der Waals surface area contributed by atoms with E-state index in [0.29, 0.717) is 0 Å². The number of carbonyl (C=O) groups is 3. The van der Waals surface area contributed by atoms with Crippen LogP contribution in [0.3, 0.4) is 0 Å². The molecule has 0 aromatic heterocycles. The molecule has 0 bridgehead atoms. The highest BCUT2D eigenvalue weighted by molar-refractivity contribution is 5.82. The SMILES string of the molecule is O=C(N[C@@H]1CCN(C(=O)O)[C@H]1C(=O)O)OCc1ccccc1. The van der Waals surface area contributed by atoms with Crippen molar-refractivity contribution in [2.75, 3.05) is 6.54 Å². The van der Waals surface area contributed by atoms with Crippen LogP contribution in [0.25, 0.3) is 0 Å². The van der Waals surface area contributed by atoms with Crippen molar-refractivity contribution in [1.82, 2.24) is 10.2 Å². The van der Waals surface area contributed by atoms with Crippen molar-refractivity contribution in [3.63, 3.8) is 0 Å². The standard InChI is InChI=1S/C14H16N2O6/c17-12(18)11-10(6-7-16(11)14(20)21)15-13(19)22-8-9-4-2-1-3-5-9/h1-5,10-11H,6-8H2,(H,15,19)(H,17,18)(H,20,21)/t10-,11-/m1/s1. The Morgan fingerprint density at radius 1 is 1.23 bits per heavy atom. The summed E-state index contributed by atoms with van der Waals surface area (Å²) in [6, 6.07) is 6.90. The van der Waals surface area contributed by atoms with Crippen LogP contribution in [0.15, 0.2) is 30.3 Å². The fourth-order valence-electron chi connectivity index (χ4n) is 2.38. The second kappa shape index (κ2) is 6.79. The van der Waals surface area contributed by atoms with E-state index >= 15 is 0 Å². The summed E-state index contributed by atoms with van der Waals surface area (Å²) in [6.45, 7) is 0.107. The Morgan fingerprint density at radius 3 is 2.50 bits per heavy atom. The molecule has 8 heteroatoms. The number of aliphatic carboxylic acids is 1. The van der Waals surface area contributed by atoms with Crippen LogP contribution in [0.5, 0.6) is 0 Å². The van der Waals surface area contributed by atoms with Gasteiger partial charge in [0.1, 0.15) is 6.61 Å². The Hall–Kier alpha value is -2.77. The number of likely N-dealkylation sites (tertiary alicyclic amines) is 1. The zero-order chi connectivity index (χ0) is 16.1. The molecule has 2 atom stereocenters. The second-order valence-corrected chi connectivity index (χ2v) is 4.86. The van der Waals surface area contributed by atoms with Gasteiger partial charge in [-0.3, -0.25) is 4.90 Å². The third kappa shape index (κ3) is 3.66. The lowest BCUT2D eigenvalue weighted by atomic mass is 10.1. The molecule has 0 spiro atoms. The number of benzene rings is 1. The number of alkyl carbamates (subject to hydrolysis) is 1. The molecule has 0 unspecified atom stereocenters. The number of carboxylic acid groups (broad SMARTS) is 2. The summed E-state index contributed by atoms with van der Waals surface area (Å²) < 4.78 is 5.00. The quantitative estimate of drug-likeness (QED) is 0.767. The number of hydrogen-bond donors (Lipinski definition) is 3. The van der Waals surface area contributed by atoms with Gasteiger partial charge in [0.15, 0.2) is 6.04 Å². The van der Waals surface area contributed by atoms with Crippen molar-refractivity contribution < 1.29 is 29.3 Å². The topological polar surface area (TPSA) is 116 Å². The maximum atomic E-state index is 11.7. The summed E-state index contributed by atoms with van der Waals surface area (Å²) in [6.07, 6.45) is -1.87. The van der Waals surface area contributed by atoms with Crippen LogP contribution in [-0.4, -0.2) is 51.9 Å². The van der Waals surface area contributed by atoms with Crippen molar-refractivity contribution in [1.29, 1.82) is 0 Å². The molecular formula is C14H16N2O6. The highest BCUT2D eigenvalue weighted by atomic mass is 16.5. The van der Waals surface area contributed by atoms with Gasteiger partial charge in [0.25, 0.3) is 0 Å². The molecule has 3 N–H and O–H groups in total. The average molecular weight is 308 g/mol. The third-order valence-electron chi connectivity index (χ3n) is 3.41. The fraction of sp³-hybridized carbons (Fsp3) is 0.357. The first kappa shape index (κ1) is 15.6. The first-order valence-corrected chi connectivity index (χ1v) is 6.68. The smallest absolute Gasteiger partial charge is 0.408 e. The molecule has 1 aliphatic heterocycles. The molecular weight excluding hydrogens is 292 g/mol. The number of carbonyl (C=O) groups excluding carboxylic acids is 1. The van der Waals surface area contributed by atoms with Gasteiger partial charge in [-0.1, -0.05) is 30.3 Å². The molecule has 1 aromatic carbocycles. The minimum atomic E-state index is -1.32.